The Balaban J connectivity index is 1.55. The molecule has 0 aliphatic heterocycles. The molecule has 4 rings (SSSR count). The number of aromatic nitrogens is 1. The summed E-state index contributed by atoms with van der Waals surface area (Å²) in [7, 11) is 0. The number of aryl methyl sites for hydroxylation is 2. The number of rotatable bonds is 3. The first-order valence-corrected chi connectivity index (χ1v) is 9.03. The van der Waals surface area contributed by atoms with Gasteiger partial charge in [-0.3, -0.25) is 10.1 Å². The fourth-order valence-corrected chi connectivity index (χ4v) is 4.11. The first-order valence-electron chi connectivity index (χ1n) is 7.21. The monoisotopic (exact) mass is 326 g/mol. The van der Waals surface area contributed by atoms with Crippen molar-refractivity contribution in [3.63, 3.8) is 0 Å². The largest absolute Gasteiger partial charge is 0.298 e. The average Bonchev–Trinajstić information content (AvgIpc) is 3.27. The van der Waals surface area contributed by atoms with Crippen LogP contribution in [-0.2, 0) is 12.8 Å². The molecule has 0 saturated carbocycles. The molecule has 5 heteroatoms. The van der Waals surface area contributed by atoms with Crippen molar-refractivity contribution in [1.29, 1.82) is 0 Å². The molecule has 0 spiro atoms. The van der Waals surface area contributed by atoms with Gasteiger partial charge in [0.15, 0.2) is 5.13 Å². The minimum Gasteiger partial charge on any atom is -0.298 e. The molecule has 3 nitrogen and oxygen atoms in total. The van der Waals surface area contributed by atoms with E-state index in [9.17, 15) is 4.79 Å². The molecule has 1 aliphatic rings. The van der Waals surface area contributed by atoms with Crippen LogP contribution in [0.5, 0.6) is 0 Å². The Morgan fingerprint density at radius 2 is 2.05 bits per heavy atom. The van der Waals surface area contributed by atoms with Crippen molar-refractivity contribution in [2.24, 2.45) is 0 Å². The quantitative estimate of drug-likeness (QED) is 0.763. The maximum absolute atomic E-state index is 12.0. The predicted molar refractivity (Wildman–Crippen MR) is 91.8 cm³/mol. The summed E-state index contributed by atoms with van der Waals surface area (Å²) in [4.78, 5) is 16.6. The predicted octanol–water partition coefficient (Wildman–Crippen LogP) is 4.61. The molecule has 0 saturated heterocycles. The van der Waals surface area contributed by atoms with Crippen molar-refractivity contribution < 1.29 is 4.79 Å². The van der Waals surface area contributed by atoms with E-state index in [4.69, 9.17) is 0 Å². The molecule has 22 heavy (non-hydrogen) atoms. The summed E-state index contributed by atoms with van der Waals surface area (Å²) in [6, 6.07) is 8.39. The van der Waals surface area contributed by atoms with Gasteiger partial charge in [-0.25, -0.2) is 4.98 Å². The molecule has 110 valence electrons. The second-order valence-electron chi connectivity index (χ2n) is 5.34. The van der Waals surface area contributed by atoms with Gasteiger partial charge >= 0.3 is 0 Å². The molecule has 0 radical (unpaired) electrons. The summed E-state index contributed by atoms with van der Waals surface area (Å²) in [5, 5.41) is 9.24. The second-order valence-corrected chi connectivity index (χ2v) is 6.98. The SMILES string of the molecule is O=C(Nc1nc(-c2ccc3c(c2)CCC3)cs1)c1ccsc1. The van der Waals surface area contributed by atoms with E-state index in [2.05, 4.69) is 28.5 Å². The van der Waals surface area contributed by atoms with Crippen molar-refractivity contribution in [2.75, 3.05) is 5.32 Å². The summed E-state index contributed by atoms with van der Waals surface area (Å²) < 4.78 is 0. The number of anilines is 1. The Hall–Kier alpha value is -1.98. The lowest BCUT2D eigenvalue weighted by atomic mass is 10.1. The number of nitrogens with one attached hydrogen (secondary N) is 1. The smallest absolute Gasteiger partial charge is 0.258 e. The van der Waals surface area contributed by atoms with E-state index in [1.807, 2.05) is 22.2 Å². The molecular weight excluding hydrogens is 312 g/mol. The van der Waals surface area contributed by atoms with Crippen LogP contribution in [0.2, 0.25) is 0 Å². The van der Waals surface area contributed by atoms with Crippen molar-refractivity contribution in [3.05, 3.63) is 57.1 Å². The summed E-state index contributed by atoms with van der Waals surface area (Å²) in [6.07, 6.45) is 3.60. The van der Waals surface area contributed by atoms with Gasteiger partial charge in [-0.05, 0) is 47.9 Å². The third-order valence-electron chi connectivity index (χ3n) is 3.90. The van der Waals surface area contributed by atoms with Crippen LogP contribution in [0.25, 0.3) is 11.3 Å². The van der Waals surface area contributed by atoms with E-state index in [1.165, 1.54) is 46.6 Å². The van der Waals surface area contributed by atoms with Crippen LogP contribution in [0.3, 0.4) is 0 Å². The van der Waals surface area contributed by atoms with E-state index in [0.717, 1.165) is 17.7 Å². The van der Waals surface area contributed by atoms with Gasteiger partial charge < -0.3 is 0 Å². The Morgan fingerprint density at radius 1 is 1.14 bits per heavy atom. The van der Waals surface area contributed by atoms with Gasteiger partial charge in [0.2, 0.25) is 0 Å². The molecule has 2 aromatic heterocycles. The number of fused-ring (bicyclic) bond motifs is 1. The highest BCUT2D eigenvalue weighted by Crippen LogP contribution is 2.30. The number of thiophene rings is 1. The Kier molecular flexibility index (Phi) is 3.52. The molecule has 0 unspecified atom stereocenters. The zero-order valence-electron chi connectivity index (χ0n) is 11.8. The number of carbonyl (C=O) groups excluding carboxylic acids is 1. The summed E-state index contributed by atoms with van der Waals surface area (Å²) in [5.41, 5.74) is 5.65. The van der Waals surface area contributed by atoms with E-state index in [1.54, 1.807) is 0 Å². The van der Waals surface area contributed by atoms with E-state index in [0.29, 0.717) is 10.7 Å². The molecule has 1 aromatic carbocycles. The van der Waals surface area contributed by atoms with Gasteiger partial charge in [-0.1, -0.05) is 12.1 Å². The maximum Gasteiger partial charge on any atom is 0.258 e. The topological polar surface area (TPSA) is 42.0 Å². The molecule has 1 amide bonds. The van der Waals surface area contributed by atoms with Crippen molar-refractivity contribution in [1.82, 2.24) is 4.98 Å². The summed E-state index contributed by atoms with van der Waals surface area (Å²) in [6.45, 7) is 0. The summed E-state index contributed by atoms with van der Waals surface area (Å²) >= 11 is 2.98. The maximum atomic E-state index is 12.0. The normalized spacial score (nSPS) is 13.1. The van der Waals surface area contributed by atoms with E-state index in [-0.39, 0.29) is 5.91 Å². The van der Waals surface area contributed by atoms with Crippen molar-refractivity contribution in [3.8, 4) is 11.3 Å². The van der Waals surface area contributed by atoms with Crippen LogP contribution >= 0.6 is 22.7 Å². The van der Waals surface area contributed by atoms with Crippen LogP contribution < -0.4 is 5.32 Å². The number of nitrogens with zero attached hydrogens (tertiary/aromatic N) is 1. The third-order valence-corrected chi connectivity index (χ3v) is 5.34. The minimum atomic E-state index is -0.101. The lowest BCUT2D eigenvalue weighted by molar-refractivity contribution is 0.102. The van der Waals surface area contributed by atoms with E-state index < -0.39 is 0 Å². The Morgan fingerprint density at radius 3 is 2.91 bits per heavy atom. The molecule has 0 atom stereocenters. The van der Waals surface area contributed by atoms with Gasteiger partial charge in [-0.2, -0.15) is 11.3 Å². The van der Waals surface area contributed by atoms with Crippen LogP contribution in [0.15, 0.2) is 40.4 Å². The second kappa shape index (κ2) is 5.66. The summed E-state index contributed by atoms with van der Waals surface area (Å²) in [5.74, 6) is -0.101. The van der Waals surface area contributed by atoms with E-state index >= 15 is 0 Å². The highest BCUT2D eigenvalue weighted by atomic mass is 32.1. The first-order chi connectivity index (χ1) is 10.8. The van der Waals surface area contributed by atoms with Crippen LogP contribution in [0, 0.1) is 0 Å². The number of amides is 1. The van der Waals surface area contributed by atoms with Gasteiger partial charge in [0.05, 0.1) is 11.3 Å². The molecule has 3 aromatic rings. The number of thiazole rings is 1. The molecule has 2 heterocycles. The van der Waals surface area contributed by atoms with Gasteiger partial charge in [0.1, 0.15) is 0 Å². The minimum absolute atomic E-state index is 0.101. The Labute approximate surface area is 136 Å². The third kappa shape index (κ3) is 2.58. The highest BCUT2D eigenvalue weighted by Gasteiger charge is 2.14. The standard InChI is InChI=1S/C17H14N2OS2/c20-16(14-6-7-21-9-14)19-17-18-15(10-22-17)13-5-4-11-2-1-3-12(11)8-13/h4-10H,1-3H2,(H,18,19,20). The van der Waals surface area contributed by atoms with Crippen molar-refractivity contribution in [2.45, 2.75) is 19.3 Å². The molecule has 1 aliphatic carbocycles. The van der Waals surface area contributed by atoms with Crippen LogP contribution in [-0.4, -0.2) is 10.9 Å². The zero-order chi connectivity index (χ0) is 14.9. The fourth-order valence-electron chi connectivity index (χ4n) is 2.76. The number of benzene rings is 1. The first kappa shape index (κ1) is 13.7. The molecule has 1 N–H and O–H groups in total. The van der Waals surface area contributed by atoms with Gasteiger partial charge in [0, 0.05) is 16.3 Å². The lowest BCUT2D eigenvalue weighted by Gasteiger charge is -2.02. The fraction of sp³-hybridized carbons (Fsp3) is 0.176. The average molecular weight is 326 g/mol. The zero-order valence-corrected chi connectivity index (χ0v) is 13.5. The number of hydrogen-bond acceptors (Lipinski definition) is 4. The molecule has 0 fully saturated rings. The Bertz CT molecular complexity index is 821. The molecular formula is C17H14N2OS2. The van der Waals surface area contributed by atoms with Gasteiger partial charge in [-0.15, -0.1) is 11.3 Å². The molecule has 0 bridgehead atoms. The highest BCUT2D eigenvalue weighted by molar-refractivity contribution is 7.14. The lowest BCUT2D eigenvalue weighted by Crippen LogP contribution is -2.10. The number of hydrogen-bond donors (Lipinski definition) is 1. The van der Waals surface area contributed by atoms with Crippen LogP contribution in [0.1, 0.15) is 27.9 Å². The van der Waals surface area contributed by atoms with Gasteiger partial charge in [0.25, 0.3) is 5.91 Å². The number of carbonyl (C=O) groups is 1. The van der Waals surface area contributed by atoms with Crippen LogP contribution in [0.4, 0.5) is 5.13 Å². The van der Waals surface area contributed by atoms with Crippen molar-refractivity contribution >= 4 is 33.7 Å².